The van der Waals surface area contributed by atoms with Crippen LogP contribution in [-0.4, -0.2) is 40.6 Å². The van der Waals surface area contributed by atoms with Crippen LogP contribution in [0, 0.1) is 5.82 Å². The van der Waals surface area contributed by atoms with Crippen molar-refractivity contribution in [3.63, 3.8) is 0 Å². The van der Waals surface area contributed by atoms with Crippen LogP contribution in [0.25, 0.3) is 28.1 Å². The molecule has 0 atom stereocenters. The van der Waals surface area contributed by atoms with Gasteiger partial charge in [0.1, 0.15) is 17.2 Å². The molecule has 0 bridgehead atoms. The number of rotatable bonds is 7. The zero-order chi connectivity index (χ0) is 21.0. The van der Waals surface area contributed by atoms with E-state index in [1.165, 1.54) is 18.5 Å². The van der Waals surface area contributed by atoms with E-state index in [-0.39, 0.29) is 5.82 Å². The zero-order valence-corrected chi connectivity index (χ0v) is 17.0. The van der Waals surface area contributed by atoms with Crippen LogP contribution < -0.4 is 0 Å². The molecule has 31 heavy (non-hydrogen) atoms. The second-order valence-electron chi connectivity index (χ2n) is 6.65. The van der Waals surface area contributed by atoms with Gasteiger partial charge in [-0.25, -0.2) is 19.0 Å². The number of benzene rings is 1. The fraction of sp³-hybridized carbons (Fsp3) is 0.143. The quantitative estimate of drug-likeness (QED) is 0.215. The minimum Gasteiger partial charge on any atom is -0.339 e. The molecule has 5 rings (SSSR count). The Labute approximate surface area is 180 Å². The third-order valence-corrected chi connectivity index (χ3v) is 5.67. The molecule has 0 aliphatic heterocycles. The van der Waals surface area contributed by atoms with Crippen LogP contribution >= 0.6 is 11.8 Å². The van der Waals surface area contributed by atoms with E-state index < -0.39 is 0 Å². The maximum Gasteiger partial charge on any atom is 0.226 e. The Morgan fingerprint density at radius 3 is 2.71 bits per heavy atom. The highest BCUT2D eigenvalue weighted by Gasteiger charge is 2.12. The number of aromatic nitrogens is 7. The Hall–Kier alpha value is -3.66. The molecule has 0 saturated heterocycles. The molecule has 0 radical (unpaired) electrons. The highest BCUT2D eigenvalue weighted by molar-refractivity contribution is 7.99. The minimum atomic E-state index is -0.291. The molecule has 4 heterocycles. The Balaban J connectivity index is 1.24. The first-order valence-electron chi connectivity index (χ1n) is 9.58. The summed E-state index contributed by atoms with van der Waals surface area (Å²) in [7, 11) is 0. The lowest BCUT2D eigenvalue weighted by Crippen LogP contribution is -1.98. The predicted octanol–water partition coefficient (Wildman–Crippen LogP) is 4.12. The molecule has 154 valence electrons. The van der Waals surface area contributed by atoms with E-state index in [0.717, 1.165) is 33.8 Å². The molecule has 0 N–H and O–H groups in total. The SMILES string of the molecule is Fc1ccc(-n2ncc3c(SCCCc4nc(-c5ccncc5)no4)ncnc32)cc1. The molecule has 0 unspecified atom stereocenters. The Morgan fingerprint density at radius 2 is 1.87 bits per heavy atom. The summed E-state index contributed by atoms with van der Waals surface area (Å²) in [4.78, 5) is 17.2. The highest BCUT2D eigenvalue weighted by atomic mass is 32.2. The number of pyridine rings is 1. The number of hydrogen-bond acceptors (Lipinski definition) is 8. The summed E-state index contributed by atoms with van der Waals surface area (Å²) in [5, 5.41) is 10.1. The van der Waals surface area contributed by atoms with Crippen LogP contribution in [0.3, 0.4) is 0 Å². The van der Waals surface area contributed by atoms with Gasteiger partial charge in [0.15, 0.2) is 5.65 Å². The average Bonchev–Trinajstić information content (AvgIpc) is 3.46. The van der Waals surface area contributed by atoms with Crippen LogP contribution in [0.2, 0.25) is 0 Å². The van der Waals surface area contributed by atoms with Crippen LogP contribution in [0.5, 0.6) is 0 Å². The van der Waals surface area contributed by atoms with Gasteiger partial charge in [-0.2, -0.15) is 10.1 Å². The van der Waals surface area contributed by atoms with Gasteiger partial charge in [-0.3, -0.25) is 4.98 Å². The van der Waals surface area contributed by atoms with Gasteiger partial charge >= 0.3 is 0 Å². The molecule has 4 aromatic heterocycles. The smallest absolute Gasteiger partial charge is 0.226 e. The summed E-state index contributed by atoms with van der Waals surface area (Å²) >= 11 is 1.62. The number of halogens is 1. The number of thioether (sulfide) groups is 1. The van der Waals surface area contributed by atoms with Crippen molar-refractivity contribution < 1.29 is 8.91 Å². The zero-order valence-electron chi connectivity index (χ0n) is 16.2. The number of fused-ring (bicyclic) bond motifs is 1. The summed E-state index contributed by atoms with van der Waals surface area (Å²) in [6, 6.07) is 9.82. The predicted molar refractivity (Wildman–Crippen MR) is 113 cm³/mol. The highest BCUT2D eigenvalue weighted by Crippen LogP contribution is 2.26. The first-order valence-corrected chi connectivity index (χ1v) is 10.6. The van der Waals surface area contributed by atoms with Crippen LogP contribution in [0.4, 0.5) is 4.39 Å². The van der Waals surface area contributed by atoms with E-state index in [1.54, 1.807) is 47.2 Å². The lowest BCUT2D eigenvalue weighted by molar-refractivity contribution is 0.378. The summed E-state index contributed by atoms with van der Waals surface area (Å²) in [5.74, 6) is 1.70. The van der Waals surface area contributed by atoms with Crippen molar-refractivity contribution in [2.75, 3.05) is 5.75 Å². The minimum absolute atomic E-state index is 0.291. The first-order chi connectivity index (χ1) is 15.3. The van der Waals surface area contributed by atoms with E-state index in [1.807, 2.05) is 12.1 Å². The monoisotopic (exact) mass is 433 g/mol. The Kier molecular flexibility index (Phi) is 5.36. The summed E-state index contributed by atoms with van der Waals surface area (Å²) in [5.41, 5.74) is 2.30. The van der Waals surface area contributed by atoms with Gasteiger partial charge in [-0.1, -0.05) is 5.16 Å². The molecule has 10 heteroatoms. The van der Waals surface area contributed by atoms with Gasteiger partial charge in [0.2, 0.25) is 11.7 Å². The molecule has 8 nitrogen and oxygen atoms in total. The van der Waals surface area contributed by atoms with E-state index in [9.17, 15) is 4.39 Å². The number of hydrogen-bond donors (Lipinski definition) is 0. The largest absolute Gasteiger partial charge is 0.339 e. The lowest BCUT2D eigenvalue weighted by Gasteiger charge is -2.04. The van der Waals surface area contributed by atoms with E-state index >= 15 is 0 Å². The summed E-state index contributed by atoms with van der Waals surface area (Å²) in [6.07, 6.45) is 8.17. The fourth-order valence-electron chi connectivity index (χ4n) is 3.08. The maximum absolute atomic E-state index is 13.2. The van der Waals surface area contributed by atoms with Gasteiger partial charge in [-0.15, -0.1) is 11.8 Å². The first kappa shape index (κ1) is 19.3. The van der Waals surface area contributed by atoms with Crippen molar-refractivity contribution in [2.24, 2.45) is 0 Å². The van der Waals surface area contributed by atoms with Crippen molar-refractivity contribution in [3.05, 3.63) is 73.0 Å². The van der Waals surface area contributed by atoms with Gasteiger partial charge in [0.25, 0.3) is 0 Å². The molecular formula is C21H16FN7OS. The normalized spacial score (nSPS) is 11.3. The van der Waals surface area contributed by atoms with Crippen molar-refractivity contribution in [1.29, 1.82) is 0 Å². The van der Waals surface area contributed by atoms with Crippen LogP contribution in [-0.2, 0) is 6.42 Å². The third kappa shape index (κ3) is 4.15. The Bertz CT molecular complexity index is 1300. The van der Waals surface area contributed by atoms with Crippen LogP contribution in [0.1, 0.15) is 12.3 Å². The number of nitrogens with zero attached hydrogens (tertiary/aromatic N) is 7. The van der Waals surface area contributed by atoms with Gasteiger partial charge in [0, 0.05) is 30.1 Å². The summed E-state index contributed by atoms with van der Waals surface area (Å²) in [6.45, 7) is 0. The van der Waals surface area contributed by atoms with E-state index in [4.69, 9.17) is 4.52 Å². The lowest BCUT2D eigenvalue weighted by atomic mass is 10.2. The fourth-order valence-corrected chi connectivity index (χ4v) is 3.98. The Morgan fingerprint density at radius 1 is 1.03 bits per heavy atom. The van der Waals surface area contributed by atoms with E-state index in [0.29, 0.717) is 23.8 Å². The molecule has 0 fully saturated rings. The van der Waals surface area contributed by atoms with Gasteiger partial charge in [0.05, 0.1) is 17.3 Å². The second-order valence-corrected chi connectivity index (χ2v) is 7.73. The van der Waals surface area contributed by atoms with Gasteiger partial charge < -0.3 is 4.52 Å². The van der Waals surface area contributed by atoms with Gasteiger partial charge in [-0.05, 0) is 42.8 Å². The molecule has 0 amide bonds. The third-order valence-electron chi connectivity index (χ3n) is 4.58. The van der Waals surface area contributed by atoms with Crippen molar-refractivity contribution >= 4 is 22.8 Å². The molecular weight excluding hydrogens is 417 g/mol. The molecule has 0 saturated carbocycles. The maximum atomic E-state index is 13.2. The average molecular weight is 433 g/mol. The molecule has 0 spiro atoms. The topological polar surface area (TPSA) is 95.4 Å². The standard InChI is InChI=1S/C21H16FN7OS/c22-15-3-5-16(6-4-15)29-20-17(12-26-29)21(25-13-24-20)31-11-1-2-18-27-19(28-30-18)14-7-9-23-10-8-14/h3-10,12-13H,1-2,11H2. The summed E-state index contributed by atoms with van der Waals surface area (Å²) < 4.78 is 20.2. The molecule has 0 aliphatic carbocycles. The number of aryl methyl sites for hydroxylation is 1. The molecule has 5 aromatic rings. The second kappa shape index (κ2) is 8.60. The van der Waals surface area contributed by atoms with Crippen molar-refractivity contribution in [1.82, 2.24) is 34.9 Å². The van der Waals surface area contributed by atoms with Crippen LogP contribution in [0.15, 0.2) is 70.9 Å². The molecule has 0 aliphatic rings. The van der Waals surface area contributed by atoms with Crippen molar-refractivity contribution in [3.8, 4) is 17.1 Å². The molecule has 1 aromatic carbocycles. The van der Waals surface area contributed by atoms with Crippen molar-refractivity contribution in [2.45, 2.75) is 17.9 Å². The van der Waals surface area contributed by atoms with E-state index in [2.05, 4.69) is 30.2 Å².